The largest absolute Gasteiger partial charge is 0.481 e. The molecule has 5 nitrogen and oxygen atoms in total. The number of carbonyl (C=O) groups is 2. The molecule has 0 radical (unpaired) electrons. The first-order valence-corrected chi connectivity index (χ1v) is 6.84. The summed E-state index contributed by atoms with van der Waals surface area (Å²) >= 11 is 0. The molecule has 0 fully saturated rings. The second-order valence-electron chi connectivity index (χ2n) is 4.55. The average molecular weight is 300 g/mol. The Morgan fingerprint density at radius 3 is 2.55 bits per heavy atom. The minimum atomic E-state index is -0.864. The molecule has 1 aromatic carbocycles. The maximum Gasteiger partial charge on any atom is 0.330 e. The smallest absolute Gasteiger partial charge is 0.330 e. The van der Waals surface area contributed by atoms with Crippen LogP contribution in [0.4, 0.5) is 0 Å². The number of carboxylic acid groups (broad SMARTS) is 1. The van der Waals surface area contributed by atoms with Crippen molar-refractivity contribution in [1.29, 1.82) is 0 Å². The van der Waals surface area contributed by atoms with Gasteiger partial charge in [0.05, 0.1) is 13.0 Å². The van der Waals surface area contributed by atoms with Crippen LogP contribution < -0.4 is 0 Å². The van der Waals surface area contributed by atoms with Crippen molar-refractivity contribution < 1.29 is 23.8 Å². The van der Waals surface area contributed by atoms with E-state index in [0.29, 0.717) is 18.1 Å². The fraction of sp³-hybridized carbons (Fsp3) is 0.176. The summed E-state index contributed by atoms with van der Waals surface area (Å²) in [5, 5.41) is 8.73. The molecule has 2 aromatic rings. The first-order chi connectivity index (χ1) is 10.6. The lowest BCUT2D eigenvalue weighted by Gasteiger charge is -2.00. The van der Waals surface area contributed by atoms with E-state index in [4.69, 9.17) is 14.3 Å². The van der Waals surface area contributed by atoms with Crippen LogP contribution in [0.3, 0.4) is 0 Å². The summed E-state index contributed by atoms with van der Waals surface area (Å²) in [6, 6.07) is 10.6. The summed E-state index contributed by atoms with van der Waals surface area (Å²) in [6.07, 6.45) is 2.84. The normalized spacial score (nSPS) is 10.8. The molecule has 0 aliphatic heterocycles. The number of carbonyl (C=O) groups excluding carboxylic acids is 1. The minimum Gasteiger partial charge on any atom is -0.481 e. The van der Waals surface area contributed by atoms with Crippen LogP contribution >= 0.6 is 0 Å². The maximum atomic E-state index is 11.2. The van der Waals surface area contributed by atoms with Crippen LogP contribution in [-0.2, 0) is 20.7 Å². The zero-order chi connectivity index (χ0) is 15.9. The summed E-state index contributed by atoms with van der Waals surface area (Å²) in [6.45, 7) is 2.07. The van der Waals surface area contributed by atoms with Gasteiger partial charge in [-0.25, -0.2) is 4.79 Å². The van der Waals surface area contributed by atoms with E-state index in [1.807, 2.05) is 0 Å². The zero-order valence-corrected chi connectivity index (χ0v) is 12.1. The molecule has 0 spiro atoms. The molecule has 1 N–H and O–H groups in total. The molecule has 114 valence electrons. The van der Waals surface area contributed by atoms with Gasteiger partial charge >= 0.3 is 11.9 Å². The van der Waals surface area contributed by atoms with E-state index in [2.05, 4.69) is 0 Å². The average Bonchev–Trinajstić information content (AvgIpc) is 2.94. The Bertz CT molecular complexity index is 679. The highest BCUT2D eigenvalue weighted by Gasteiger charge is 2.05. The van der Waals surface area contributed by atoms with E-state index in [1.165, 1.54) is 6.08 Å². The predicted molar refractivity (Wildman–Crippen MR) is 81.2 cm³/mol. The highest BCUT2D eigenvalue weighted by molar-refractivity contribution is 5.86. The highest BCUT2D eigenvalue weighted by atomic mass is 16.5. The van der Waals surface area contributed by atoms with Gasteiger partial charge in [-0.1, -0.05) is 24.3 Å². The second-order valence-corrected chi connectivity index (χ2v) is 4.55. The summed E-state index contributed by atoms with van der Waals surface area (Å²) in [5.74, 6) is -0.0985. The Labute approximate surface area is 127 Å². The van der Waals surface area contributed by atoms with Gasteiger partial charge in [0, 0.05) is 11.6 Å². The fourth-order valence-corrected chi connectivity index (χ4v) is 1.90. The van der Waals surface area contributed by atoms with Crippen molar-refractivity contribution in [3.05, 3.63) is 53.8 Å². The molecule has 5 heteroatoms. The van der Waals surface area contributed by atoms with E-state index in [0.717, 1.165) is 11.1 Å². The number of ether oxygens (including phenoxy) is 1. The third-order valence-corrected chi connectivity index (χ3v) is 2.89. The molecular formula is C17H16O5. The Hall–Kier alpha value is -2.82. The van der Waals surface area contributed by atoms with E-state index in [-0.39, 0.29) is 6.42 Å². The van der Waals surface area contributed by atoms with Gasteiger partial charge in [0.25, 0.3) is 0 Å². The van der Waals surface area contributed by atoms with Crippen LogP contribution in [0.25, 0.3) is 17.4 Å². The molecule has 0 atom stereocenters. The SMILES string of the molecule is CCOC(=O)/C=C/c1ccc(-c2ccc(CC(=O)O)cc2)o1. The first kappa shape index (κ1) is 15.6. The second kappa shape index (κ2) is 7.26. The maximum absolute atomic E-state index is 11.2. The van der Waals surface area contributed by atoms with Gasteiger partial charge in [-0.2, -0.15) is 0 Å². The van der Waals surface area contributed by atoms with Gasteiger partial charge < -0.3 is 14.3 Å². The molecule has 0 unspecified atom stereocenters. The van der Waals surface area contributed by atoms with Crippen molar-refractivity contribution in [3.63, 3.8) is 0 Å². The van der Waals surface area contributed by atoms with E-state index in [1.54, 1.807) is 49.4 Å². The third kappa shape index (κ3) is 4.34. The standard InChI is InChI=1S/C17H16O5/c1-2-21-17(20)10-8-14-7-9-15(22-14)13-5-3-12(4-6-13)11-16(18)19/h3-10H,2,11H2,1H3,(H,18,19)/b10-8+. The summed E-state index contributed by atoms with van der Waals surface area (Å²) in [5.41, 5.74) is 1.56. The van der Waals surface area contributed by atoms with Crippen molar-refractivity contribution in [2.24, 2.45) is 0 Å². The number of hydrogen-bond donors (Lipinski definition) is 1. The topological polar surface area (TPSA) is 76.7 Å². The van der Waals surface area contributed by atoms with Gasteiger partial charge in [-0.3, -0.25) is 4.79 Å². The van der Waals surface area contributed by atoms with E-state index >= 15 is 0 Å². The van der Waals surface area contributed by atoms with Crippen LogP contribution in [0.2, 0.25) is 0 Å². The van der Waals surface area contributed by atoms with Crippen LogP contribution in [-0.4, -0.2) is 23.7 Å². The van der Waals surface area contributed by atoms with Crippen molar-refractivity contribution in [3.8, 4) is 11.3 Å². The van der Waals surface area contributed by atoms with Crippen LogP contribution in [0.5, 0.6) is 0 Å². The molecule has 1 heterocycles. The molecule has 0 bridgehead atoms. The van der Waals surface area contributed by atoms with E-state index in [9.17, 15) is 9.59 Å². The van der Waals surface area contributed by atoms with Gasteiger partial charge in [0.1, 0.15) is 11.5 Å². The van der Waals surface area contributed by atoms with Gasteiger partial charge in [0.2, 0.25) is 0 Å². The fourth-order valence-electron chi connectivity index (χ4n) is 1.90. The zero-order valence-electron chi connectivity index (χ0n) is 12.1. The van der Waals surface area contributed by atoms with Crippen molar-refractivity contribution in [2.75, 3.05) is 6.61 Å². The first-order valence-electron chi connectivity index (χ1n) is 6.84. The highest BCUT2D eigenvalue weighted by Crippen LogP contribution is 2.23. The molecular weight excluding hydrogens is 284 g/mol. The van der Waals surface area contributed by atoms with Crippen molar-refractivity contribution in [1.82, 2.24) is 0 Å². The lowest BCUT2D eigenvalue weighted by atomic mass is 10.1. The number of furan rings is 1. The Morgan fingerprint density at radius 1 is 1.18 bits per heavy atom. The van der Waals surface area contributed by atoms with Crippen LogP contribution in [0, 0.1) is 0 Å². The van der Waals surface area contributed by atoms with Crippen molar-refractivity contribution in [2.45, 2.75) is 13.3 Å². The molecule has 0 aliphatic carbocycles. The van der Waals surface area contributed by atoms with Gasteiger partial charge in [0.15, 0.2) is 0 Å². The number of rotatable bonds is 6. The Morgan fingerprint density at radius 2 is 1.91 bits per heavy atom. The number of benzene rings is 1. The molecule has 1 aromatic heterocycles. The molecule has 0 saturated carbocycles. The molecule has 0 amide bonds. The monoisotopic (exact) mass is 300 g/mol. The quantitative estimate of drug-likeness (QED) is 0.655. The summed E-state index contributed by atoms with van der Waals surface area (Å²) in [7, 11) is 0. The number of aliphatic carboxylic acids is 1. The molecule has 0 saturated heterocycles. The lowest BCUT2D eigenvalue weighted by molar-refractivity contribution is -0.137. The Kier molecular flexibility index (Phi) is 5.14. The van der Waals surface area contributed by atoms with Gasteiger partial charge in [-0.15, -0.1) is 0 Å². The minimum absolute atomic E-state index is 0.00797. The van der Waals surface area contributed by atoms with E-state index < -0.39 is 11.9 Å². The lowest BCUT2D eigenvalue weighted by Crippen LogP contribution is -1.99. The molecule has 2 rings (SSSR count). The van der Waals surface area contributed by atoms with Crippen LogP contribution in [0.15, 0.2) is 46.9 Å². The Balaban J connectivity index is 2.07. The summed E-state index contributed by atoms with van der Waals surface area (Å²) in [4.78, 5) is 21.9. The molecule has 0 aliphatic rings. The van der Waals surface area contributed by atoms with Gasteiger partial charge in [-0.05, 0) is 30.7 Å². The third-order valence-electron chi connectivity index (χ3n) is 2.89. The number of esters is 1. The number of carboxylic acids is 1. The number of hydrogen-bond acceptors (Lipinski definition) is 4. The van der Waals surface area contributed by atoms with Crippen LogP contribution in [0.1, 0.15) is 18.2 Å². The van der Waals surface area contributed by atoms with Crippen molar-refractivity contribution >= 4 is 18.0 Å². The summed E-state index contributed by atoms with van der Waals surface area (Å²) < 4.78 is 10.4. The molecule has 22 heavy (non-hydrogen) atoms. The predicted octanol–water partition coefficient (Wildman–Crippen LogP) is 3.15.